The number of nitrogens with zero attached hydrogens (tertiary/aromatic N) is 4. The van der Waals surface area contributed by atoms with Crippen molar-refractivity contribution in [2.45, 2.75) is 26.4 Å². The van der Waals surface area contributed by atoms with Crippen molar-refractivity contribution in [2.75, 3.05) is 43.4 Å². The number of hydrogen-bond donors (Lipinski definition) is 1. The van der Waals surface area contributed by atoms with Crippen LogP contribution in [-0.2, 0) is 4.74 Å². The number of carbonyl (C=O) groups is 1. The van der Waals surface area contributed by atoms with Crippen LogP contribution >= 0.6 is 0 Å². The van der Waals surface area contributed by atoms with Crippen LogP contribution in [0.5, 0.6) is 0 Å². The first kappa shape index (κ1) is 17.3. The van der Waals surface area contributed by atoms with Crippen LogP contribution in [0.25, 0.3) is 10.9 Å². The summed E-state index contributed by atoms with van der Waals surface area (Å²) in [6, 6.07) is 5.98. The van der Waals surface area contributed by atoms with Crippen LogP contribution in [0.4, 0.5) is 16.4 Å². The first-order chi connectivity index (χ1) is 11.9. The summed E-state index contributed by atoms with van der Waals surface area (Å²) < 4.78 is 5.44. The number of ether oxygens (including phenoxy) is 1. The van der Waals surface area contributed by atoms with Gasteiger partial charge in [-0.1, -0.05) is 0 Å². The number of fused-ring (bicyclic) bond motifs is 1. The molecule has 0 spiro atoms. The maximum Gasteiger partial charge on any atom is 0.410 e. The molecule has 0 unspecified atom stereocenters. The van der Waals surface area contributed by atoms with Gasteiger partial charge in [-0.05, 0) is 32.9 Å². The number of hydrogen-bond acceptors (Lipinski definition) is 6. The highest BCUT2D eigenvalue weighted by atomic mass is 16.6. The quantitative estimate of drug-likeness (QED) is 0.904. The van der Waals surface area contributed by atoms with Gasteiger partial charge in [0.1, 0.15) is 17.2 Å². The molecule has 0 aliphatic carbocycles. The fraction of sp³-hybridized carbons (Fsp3) is 0.500. The highest BCUT2D eigenvalue weighted by Gasteiger charge is 2.26. The zero-order valence-electron chi connectivity index (χ0n) is 15.2. The molecule has 0 atom stereocenters. The molecule has 0 saturated carbocycles. The fourth-order valence-electron chi connectivity index (χ4n) is 2.76. The number of anilines is 2. The Kier molecular flexibility index (Phi) is 4.65. The van der Waals surface area contributed by atoms with E-state index in [-0.39, 0.29) is 6.09 Å². The van der Waals surface area contributed by atoms with E-state index in [0.29, 0.717) is 13.1 Å². The first-order valence-electron chi connectivity index (χ1n) is 8.53. The molecular weight excluding hydrogens is 318 g/mol. The Morgan fingerprint density at radius 1 is 1.20 bits per heavy atom. The third-order valence-electron chi connectivity index (χ3n) is 4.07. The molecule has 0 radical (unpaired) electrons. The van der Waals surface area contributed by atoms with Gasteiger partial charge >= 0.3 is 6.09 Å². The second kappa shape index (κ2) is 6.74. The summed E-state index contributed by atoms with van der Waals surface area (Å²) in [5.41, 5.74) is 0.444. The van der Waals surface area contributed by atoms with E-state index in [1.807, 2.05) is 52.2 Å². The lowest BCUT2D eigenvalue weighted by atomic mass is 10.2. The Balaban J connectivity index is 1.68. The van der Waals surface area contributed by atoms with E-state index in [1.54, 1.807) is 4.90 Å². The maximum atomic E-state index is 12.2. The third-order valence-corrected chi connectivity index (χ3v) is 4.07. The number of aromatic nitrogens is 2. The van der Waals surface area contributed by atoms with Gasteiger partial charge < -0.3 is 19.9 Å². The van der Waals surface area contributed by atoms with Crippen LogP contribution in [0, 0.1) is 0 Å². The highest BCUT2D eigenvalue weighted by molar-refractivity contribution is 5.81. The number of nitrogens with one attached hydrogen (secondary N) is 1. The third kappa shape index (κ3) is 4.10. The number of carbonyl (C=O) groups excluding carboxylic acids is 1. The highest BCUT2D eigenvalue weighted by Crippen LogP contribution is 2.21. The van der Waals surface area contributed by atoms with Gasteiger partial charge in [0.25, 0.3) is 0 Å². The molecule has 25 heavy (non-hydrogen) atoms. The van der Waals surface area contributed by atoms with E-state index in [1.165, 1.54) is 0 Å². The predicted molar refractivity (Wildman–Crippen MR) is 99.1 cm³/mol. The van der Waals surface area contributed by atoms with Crippen LogP contribution in [0.3, 0.4) is 0 Å². The lowest BCUT2D eigenvalue weighted by Crippen LogP contribution is -2.50. The van der Waals surface area contributed by atoms with Gasteiger partial charge in [-0.3, -0.25) is 0 Å². The van der Waals surface area contributed by atoms with Gasteiger partial charge in [0, 0.05) is 50.9 Å². The summed E-state index contributed by atoms with van der Waals surface area (Å²) in [4.78, 5) is 25.2. The number of pyridine rings is 2. The molecule has 7 nitrogen and oxygen atoms in total. The Morgan fingerprint density at radius 2 is 1.92 bits per heavy atom. The SMILES string of the molecule is CNc1cc2nc(N3CCN(C(=O)OC(C)(C)C)CC3)ccc2cn1. The van der Waals surface area contributed by atoms with Crippen LogP contribution in [0.15, 0.2) is 24.4 Å². The van der Waals surface area contributed by atoms with Crippen molar-refractivity contribution in [2.24, 2.45) is 0 Å². The summed E-state index contributed by atoms with van der Waals surface area (Å²) in [6.45, 7) is 8.39. The molecule has 1 saturated heterocycles. The molecule has 1 fully saturated rings. The van der Waals surface area contributed by atoms with Gasteiger partial charge in [0.15, 0.2) is 0 Å². The summed E-state index contributed by atoms with van der Waals surface area (Å²) in [7, 11) is 1.84. The van der Waals surface area contributed by atoms with Gasteiger partial charge in [-0.2, -0.15) is 0 Å². The molecule has 7 heteroatoms. The van der Waals surface area contributed by atoms with E-state index in [4.69, 9.17) is 9.72 Å². The molecule has 0 bridgehead atoms. The van der Waals surface area contributed by atoms with E-state index >= 15 is 0 Å². The van der Waals surface area contributed by atoms with Crippen LogP contribution in [-0.4, -0.2) is 59.8 Å². The van der Waals surface area contributed by atoms with Crippen molar-refractivity contribution in [3.8, 4) is 0 Å². The minimum absolute atomic E-state index is 0.247. The topological polar surface area (TPSA) is 70.6 Å². The van der Waals surface area contributed by atoms with Gasteiger partial charge in [0.05, 0.1) is 5.52 Å². The van der Waals surface area contributed by atoms with E-state index in [9.17, 15) is 4.79 Å². The van der Waals surface area contributed by atoms with Crippen LogP contribution in [0.2, 0.25) is 0 Å². The largest absolute Gasteiger partial charge is 0.444 e. The number of rotatable bonds is 2. The second-order valence-electron chi connectivity index (χ2n) is 7.14. The minimum Gasteiger partial charge on any atom is -0.444 e. The molecule has 2 aromatic heterocycles. The smallest absolute Gasteiger partial charge is 0.410 e. The van der Waals surface area contributed by atoms with Gasteiger partial charge in [-0.15, -0.1) is 0 Å². The number of piperazine rings is 1. The minimum atomic E-state index is -0.465. The maximum absolute atomic E-state index is 12.2. The molecule has 1 amide bonds. The lowest BCUT2D eigenvalue weighted by Gasteiger charge is -2.36. The first-order valence-corrected chi connectivity index (χ1v) is 8.53. The normalized spacial score (nSPS) is 15.4. The van der Waals surface area contributed by atoms with Crippen LogP contribution in [0.1, 0.15) is 20.8 Å². The van der Waals surface area contributed by atoms with Crippen molar-refractivity contribution in [3.05, 3.63) is 24.4 Å². The predicted octanol–water partition coefficient (Wildman–Crippen LogP) is 2.73. The Bertz CT molecular complexity index is 764. The second-order valence-corrected chi connectivity index (χ2v) is 7.14. The van der Waals surface area contributed by atoms with Gasteiger partial charge in [0.2, 0.25) is 0 Å². The van der Waals surface area contributed by atoms with Crippen molar-refractivity contribution in [1.82, 2.24) is 14.9 Å². The lowest BCUT2D eigenvalue weighted by molar-refractivity contribution is 0.0240. The molecule has 134 valence electrons. The summed E-state index contributed by atoms with van der Waals surface area (Å²) >= 11 is 0. The molecule has 1 aliphatic rings. The zero-order chi connectivity index (χ0) is 18.0. The van der Waals surface area contributed by atoms with E-state index < -0.39 is 5.60 Å². The van der Waals surface area contributed by atoms with Crippen molar-refractivity contribution >= 4 is 28.6 Å². The summed E-state index contributed by atoms with van der Waals surface area (Å²) in [5, 5.41) is 4.04. The van der Waals surface area contributed by atoms with E-state index in [0.717, 1.165) is 35.6 Å². The Labute approximate surface area is 148 Å². The molecule has 2 aromatic rings. The van der Waals surface area contributed by atoms with Crippen molar-refractivity contribution < 1.29 is 9.53 Å². The average Bonchev–Trinajstić information content (AvgIpc) is 2.59. The van der Waals surface area contributed by atoms with Gasteiger partial charge in [-0.25, -0.2) is 14.8 Å². The monoisotopic (exact) mass is 343 g/mol. The fourth-order valence-corrected chi connectivity index (χ4v) is 2.76. The average molecular weight is 343 g/mol. The van der Waals surface area contributed by atoms with E-state index in [2.05, 4.69) is 15.2 Å². The zero-order valence-corrected chi connectivity index (χ0v) is 15.2. The Morgan fingerprint density at radius 3 is 2.56 bits per heavy atom. The molecule has 1 aliphatic heterocycles. The van der Waals surface area contributed by atoms with Crippen molar-refractivity contribution in [3.63, 3.8) is 0 Å². The molecule has 1 N–H and O–H groups in total. The molecule has 0 aromatic carbocycles. The van der Waals surface area contributed by atoms with Crippen LogP contribution < -0.4 is 10.2 Å². The molecular formula is C18H25N5O2. The summed E-state index contributed by atoms with van der Waals surface area (Å²) in [5.74, 6) is 1.72. The Hall–Kier alpha value is -2.57. The number of amides is 1. The van der Waals surface area contributed by atoms with Crippen molar-refractivity contribution in [1.29, 1.82) is 0 Å². The standard InChI is InChI=1S/C18H25N5O2/c1-18(2,3)25-17(24)23-9-7-22(8-10-23)16-6-5-13-12-20-15(19-4)11-14(13)21-16/h5-6,11-12H,7-10H2,1-4H3,(H,19,20). The summed E-state index contributed by atoms with van der Waals surface area (Å²) in [6.07, 6.45) is 1.57. The molecule has 3 heterocycles. The molecule has 3 rings (SSSR count).